The number of alkyl carbamates (subject to hydrolysis) is 1. The summed E-state index contributed by atoms with van der Waals surface area (Å²) in [6.07, 6.45) is -2.06. The molecule has 0 aliphatic heterocycles. The van der Waals surface area contributed by atoms with Gasteiger partial charge < -0.3 is 20.3 Å². The standard InChI is InChI=1S/C21H23NO5/c1-12(2)19(23)18(20(24)25)22-21(26)27-11-17-15-9-5-3-7-13(15)14-8-4-6-10-16(14)17/h3-10,12,17-19,23H,11H2,1-2H3,(H,22,26)(H,24,25)/t18-,19+/m1/s1. The lowest BCUT2D eigenvalue weighted by atomic mass is 9.98. The van der Waals surface area contributed by atoms with E-state index in [4.69, 9.17) is 4.74 Å². The predicted molar refractivity (Wildman–Crippen MR) is 100 cm³/mol. The molecule has 1 aliphatic rings. The van der Waals surface area contributed by atoms with Crippen LogP contribution in [0.15, 0.2) is 48.5 Å². The number of carboxylic acids is 1. The molecule has 27 heavy (non-hydrogen) atoms. The Kier molecular flexibility index (Phi) is 5.46. The van der Waals surface area contributed by atoms with Crippen LogP contribution < -0.4 is 5.32 Å². The van der Waals surface area contributed by atoms with E-state index in [9.17, 15) is 19.8 Å². The highest BCUT2D eigenvalue weighted by atomic mass is 16.5. The van der Waals surface area contributed by atoms with Crippen LogP contribution in [-0.2, 0) is 9.53 Å². The second-order valence-corrected chi connectivity index (χ2v) is 7.02. The Morgan fingerprint density at radius 3 is 2.04 bits per heavy atom. The molecule has 0 aromatic heterocycles. The zero-order valence-electron chi connectivity index (χ0n) is 15.3. The van der Waals surface area contributed by atoms with Crippen LogP contribution in [0.4, 0.5) is 4.79 Å². The first-order valence-electron chi connectivity index (χ1n) is 8.92. The predicted octanol–water partition coefficient (Wildman–Crippen LogP) is 3.00. The van der Waals surface area contributed by atoms with Crippen molar-refractivity contribution in [2.24, 2.45) is 5.92 Å². The normalized spacial score (nSPS) is 15.0. The van der Waals surface area contributed by atoms with Crippen molar-refractivity contribution in [2.45, 2.75) is 31.9 Å². The Morgan fingerprint density at radius 1 is 1.04 bits per heavy atom. The zero-order chi connectivity index (χ0) is 19.6. The van der Waals surface area contributed by atoms with Crippen molar-refractivity contribution in [1.29, 1.82) is 0 Å². The summed E-state index contributed by atoms with van der Waals surface area (Å²) in [7, 11) is 0. The van der Waals surface area contributed by atoms with Gasteiger partial charge in [0.2, 0.25) is 0 Å². The number of rotatable bonds is 6. The molecule has 3 rings (SSSR count). The van der Waals surface area contributed by atoms with E-state index in [0.29, 0.717) is 0 Å². The van der Waals surface area contributed by atoms with Gasteiger partial charge in [-0.15, -0.1) is 0 Å². The van der Waals surface area contributed by atoms with Gasteiger partial charge in [-0.1, -0.05) is 62.4 Å². The van der Waals surface area contributed by atoms with Crippen LogP contribution in [0.3, 0.4) is 0 Å². The highest BCUT2D eigenvalue weighted by Crippen LogP contribution is 2.44. The van der Waals surface area contributed by atoms with Crippen molar-refractivity contribution in [1.82, 2.24) is 5.32 Å². The first-order chi connectivity index (χ1) is 12.9. The molecule has 1 amide bonds. The summed E-state index contributed by atoms with van der Waals surface area (Å²) < 4.78 is 5.33. The lowest BCUT2D eigenvalue weighted by Crippen LogP contribution is -2.50. The lowest BCUT2D eigenvalue weighted by Gasteiger charge is -2.23. The summed E-state index contributed by atoms with van der Waals surface area (Å²) in [5, 5.41) is 21.5. The fraction of sp³-hybridized carbons (Fsp3) is 0.333. The molecule has 2 aromatic carbocycles. The molecule has 0 saturated carbocycles. The van der Waals surface area contributed by atoms with Crippen molar-refractivity contribution in [3.8, 4) is 11.1 Å². The minimum atomic E-state index is -1.42. The summed E-state index contributed by atoms with van der Waals surface area (Å²) in [4.78, 5) is 23.5. The van der Waals surface area contributed by atoms with E-state index in [1.807, 2.05) is 48.5 Å². The number of ether oxygens (including phenoxy) is 1. The van der Waals surface area contributed by atoms with Crippen molar-refractivity contribution in [2.75, 3.05) is 6.61 Å². The molecule has 6 heteroatoms. The number of hydrogen-bond acceptors (Lipinski definition) is 4. The van der Waals surface area contributed by atoms with Gasteiger partial charge >= 0.3 is 12.1 Å². The summed E-state index contributed by atoms with van der Waals surface area (Å²) in [6.45, 7) is 3.45. The van der Waals surface area contributed by atoms with Gasteiger partial charge in [-0.3, -0.25) is 0 Å². The van der Waals surface area contributed by atoms with Gasteiger partial charge in [0, 0.05) is 5.92 Å². The number of aliphatic carboxylic acids is 1. The molecular weight excluding hydrogens is 346 g/mol. The van der Waals surface area contributed by atoms with Gasteiger partial charge in [0.25, 0.3) is 0 Å². The number of nitrogens with one attached hydrogen (secondary N) is 1. The van der Waals surface area contributed by atoms with Gasteiger partial charge in [-0.25, -0.2) is 9.59 Å². The first-order valence-corrected chi connectivity index (χ1v) is 8.92. The highest BCUT2D eigenvalue weighted by Gasteiger charge is 2.32. The molecule has 0 spiro atoms. The van der Waals surface area contributed by atoms with E-state index < -0.39 is 24.2 Å². The molecule has 6 nitrogen and oxygen atoms in total. The van der Waals surface area contributed by atoms with Gasteiger partial charge in [0.15, 0.2) is 6.04 Å². The van der Waals surface area contributed by atoms with Crippen molar-refractivity contribution >= 4 is 12.1 Å². The molecule has 1 aliphatic carbocycles. The van der Waals surface area contributed by atoms with Crippen molar-refractivity contribution in [3.05, 3.63) is 59.7 Å². The summed E-state index contributed by atoms with van der Waals surface area (Å²) in [5.74, 6) is -1.73. The van der Waals surface area contributed by atoms with Crippen LogP contribution in [0.1, 0.15) is 30.9 Å². The van der Waals surface area contributed by atoms with Gasteiger partial charge in [-0.2, -0.15) is 0 Å². The van der Waals surface area contributed by atoms with Crippen molar-refractivity contribution < 1.29 is 24.5 Å². The third kappa shape index (κ3) is 3.80. The van der Waals surface area contributed by atoms with Crippen LogP contribution in [-0.4, -0.2) is 41.0 Å². The Hall–Kier alpha value is -2.86. The van der Waals surface area contributed by atoms with Crippen molar-refractivity contribution in [3.63, 3.8) is 0 Å². The quantitative estimate of drug-likeness (QED) is 0.727. The Labute approximate surface area is 157 Å². The number of carbonyl (C=O) groups is 2. The van der Waals surface area contributed by atoms with Gasteiger partial charge in [-0.05, 0) is 28.2 Å². The Bertz CT molecular complexity index is 802. The van der Waals surface area contributed by atoms with Crippen LogP contribution in [0.2, 0.25) is 0 Å². The lowest BCUT2D eigenvalue weighted by molar-refractivity contribution is -0.143. The number of hydrogen-bond donors (Lipinski definition) is 3. The van der Waals surface area contributed by atoms with E-state index in [1.165, 1.54) is 0 Å². The van der Waals surface area contributed by atoms with E-state index in [1.54, 1.807) is 13.8 Å². The van der Waals surface area contributed by atoms with E-state index in [0.717, 1.165) is 22.3 Å². The van der Waals surface area contributed by atoms with E-state index in [-0.39, 0.29) is 18.4 Å². The van der Waals surface area contributed by atoms with Crippen LogP contribution >= 0.6 is 0 Å². The largest absolute Gasteiger partial charge is 0.480 e. The van der Waals surface area contributed by atoms with Gasteiger partial charge in [0.05, 0.1) is 6.10 Å². The molecule has 3 N–H and O–H groups in total. The maximum absolute atomic E-state index is 12.2. The number of benzene rings is 2. The number of amides is 1. The maximum Gasteiger partial charge on any atom is 0.407 e. The van der Waals surface area contributed by atoms with E-state index in [2.05, 4.69) is 5.32 Å². The Morgan fingerprint density at radius 2 is 1.56 bits per heavy atom. The second kappa shape index (κ2) is 7.80. The number of aliphatic hydroxyl groups is 1. The van der Waals surface area contributed by atoms with Crippen LogP contribution in [0, 0.1) is 5.92 Å². The average Bonchev–Trinajstić information content (AvgIpc) is 2.97. The molecule has 0 bridgehead atoms. The SMILES string of the molecule is CC(C)[C@H](O)[C@@H](NC(=O)OCC1c2ccccc2-c2ccccc21)C(=O)O. The smallest absolute Gasteiger partial charge is 0.407 e. The molecule has 0 saturated heterocycles. The monoisotopic (exact) mass is 369 g/mol. The molecule has 142 valence electrons. The minimum absolute atomic E-state index is 0.0873. The average molecular weight is 369 g/mol. The molecule has 0 radical (unpaired) electrons. The fourth-order valence-electron chi connectivity index (χ4n) is 3.45. The third-order valence-corrected chi connectivity index (χ3v) is 4.91. The number of aliphatic hydroxyl groups excluding tert-OH is 1. The number of fused-ring (bicyclic) bond motifs is 3. The summed E-state index contributed by atoms with van der Waals surface area (Å²) >= 11 is 0. The van der Waals surface area contributed by atoms with Crippen LogP contribution in [0.5, 0.6) is 0 Å². The molecule has 0 unspecified atom stereocenters. The second-order valence-electron chi connectivity index (χ2n) is 7.02. The topological polar surface area (TPSA) is 95.9 Å². The molecule has 2 aromatic rings. The number of carboxylic acid groups (broad SMARTS) is 1. The zero-order valence-corrected chi connectivity index (χ0v) is 15.3. The van der Waals surface area contributed by atoms with E-state index >= 15 is 0 Å². The first kappa shape index (κ1) is 18.9. The highest BCUT2D eigenvalue weighted by molar-refractivity contribution is 5.81. The molecule has 2 atom stereocenters. The molecule has 0 heterocycles. The summed E-state index contributed by atoms with van der Waals surface area (Å²) in [5.41, 5.74) is 4.37. The summed E-state index contributed by atoms with van der Waals surface area (Å²) in [6, 6.07) is 14.5. The fourth-order valence-corrected chi connectivity index (χ4v) is 3.45. The molecular formula is C21H23NO5. The maximum atomic E-state index is 12.2. The molecule has 0 fully saturated rings. The third-order valence-electron chi connectivity index (χ3n) is 4.91. The Balaban J connectivity index is 1.71. The number of carbonyl (C=O) groups excluding carboxylic acids is 1. The minimum Gasteiger partial charge on any atom is -0.480 e. The van der Waals surface area contributed by atoms with Crippen LogP contribution in [0.25, 0.3) is 11.1 Å². The van der Waals surface area contributed by atoms with Gasteiger partial charge in [0.1, 0.15) is 6.61 Å².